The van der Waals surface area contributed by atoms with Gasteiger partial charge in [0.05, 0.1) is 18.0 Å². The summed E-state index contributed by atoms with van der Waals surface area (Å²) in [6.45, 7) is 1.55. The fourth-order valence-electron chi connectivity index (χ4n) is 3.85. The van der Waals surface area contributed by atoms with E-state index in [1.54, 1.807) is 12.1 Å². The number of non-ortho nitro benzene ring substituents is 1. The molecule has 2 aromatic rings. The van der Waals surface area contributed by atoms with Crippen molar-refractivity contribution < 1.29 is 14.5 Å². The number of piperidine rings is 1. The highest BCUT2D eigenvalue weighted by molar-refractivity contribution is 5.79. The predicted molar refractivity (Wildman–Crippen MR) is 102 cm³/mol. The third-order valence-electron chi connectivity index (χ3n) is 5.20. The lowest BCUT2D eigenvalue weighted by atomic mass is 9.85. The monoisotopic (exact) mass is 368 g/mol. The number of benzene rings is 2. The van der Waals surface area contributed by atoms with E-state index in [1.165, 1.54) is 19.2 Å². The van der Waals surface area contributed by atoms with E-state index in [2.05, 4.69) is 4.90 Å². The van der Waals surface area contributed by atoms with Gasteiger partial charge in [-0.05, 0) is 30.5 Å². The Morgan fingerprint density at radius 1 is 1.19 bits per heavy atom. The molecule has 0 aliphatic carbocycles. The predicted octanol–water partition coefficient (Wildman–Crippen LogP) is 3.91. The van der Waals surface area contributed by atoms with Crippen molar-refractivity contribution in [2.75, 3.05) is 13.7 Å². The van der Waals surface area contributed by atoms with E-state index in [1.807, 2.05) is 30.3 Å². The van der Waals surface area contributed by atoms with Crippen LogP contribution in [0.4, 0.5) is 5.69 Å². The van der Waals surface area contributed by atoms with Crippen molar-refractivity contribution in [3.05, 3.63) is 75.8 Å². The minimum absolute atomic E-state index is 0.0452. The zero-order valence-corrected chi connectivity index (χ0v) is 15.4. The maximum absolute atomic E-state index is 12.6. The quantitative estimate of drug-likeness (QED) is 0.439. The van der Waals surface area contributed by atoms with Crippen LogP contribution in [0.3, 0.4) is 0 Å². The van der Waals surface area contributed by atoms with Gasteiger partial charge in [-0.15, -0.1) is 0 Å². The van der Waals surface area contributed by atoms with E-state index in [0.717, 1.165) is 36.9 Å². The summed E-state index contributed by atoms with van der Waals surface area (Å²) >= 11 is 0. The van der Waals surface area contributed by atoms with Gasteiger partial charge < -0.3 is 4.74 Å². The normalized spacial score (nSPS) is 18.6. The first kappa shape index (κ1) is 19.0. The average Bonchev–Trinajstić information content (AvgIpc) is 2.70. The molecule has 0 spiro atoms. The number of rotatable bonds is 6. The van der Waals surface area contributed by atoms with Crippen molar-refractivity contribution in [2.24, 2.45) is 0 Å². The number of esters is 1. The third-order valence-corrected chi connectivity index (χ3v) is 5.20. The molecule has 6 nitrogen and oxygen atoms in total. The molecule has 0 amide bonds. The fraction of sp³-hybridized carbons (Fsp3) is 0.381. The highest BCUT2D eigenvalue weighted by atomic mass is 16.6. The fourth-order valence-corrected chi connectivity index (χ4v) is 3.85. The molecule has 1 heterocycles. The summed E-state index contributed by atoms with van der Waals surface area (Å²) in [6, 6.07) is 16.5. The Kier molecular flexibility index (Phi) is 6.19. The van der Waals surface area contributed by atoms with Crippen LogP contribution in [0, 0.1) is 10.1 Å². The first-order chi connectivity index (χ1) is 13.1. The van der Waals surface area contributed by atoms with Gasteiger partial charge in [0.25, 0.3) is 5.69 Å². The molecule has 0 N–H and O–H groups in total. The van der Waals surface area contributed by atoms with E-state index in [0.29, 0.717) is 6.54 Å². The summed E-state index contributed by atoms with van der Waals surface area (Å²) in [5, 5.41) is 10.9. The van der Waals surface area contributed by atoms with Crippen LogP contribution in [0.25, 0.3) is 0 Å². The molecule has 27 heavy (non-hydrogen) atoms. The zero-order chi connectivity index (χ0) is 19.2. The molecule has 1 saturated heterocycles. The lowest BCUT2D eigenvalue weighted by Crippen LogP contribution is -2.45. The molecule has 1 aliphatic rings. The molecule has 0 radical (unpaired) electrons. The van der Waals surface area contributed by atoms with Crippen LogP contribution < -0.4 is 0 Å². The Balaban J connectivity index is 1.84. The first-order valence-corrected chi connectivity index (χ1v) is 9.20. The number of likely N-dealkylation sites (tertiary alicyclic amines) is 1. The molecule has 3 rings (SSSR count). The molecule has 1 aliphatic heterocycles. The van der Waals surface area contributed by atoms with Crippen molar-refractivity contribution in [3.63, 3.8) is 0 Å². The zero-order valence-electron chi connectivity index (χ0n) is 15.4. The van der Waals surface area contributed by atoms with Gasteiger partial charge in [-0.1, -0.05) is 48.9 Å². The van der Waals surface area contributed by atoms with Crippen molar-refractivity contribution in [3.8, 4) is 0 Å². The van der Waals surface area contributed by atoms with Crippen LogP contribution in [0.1, 0.15) is 36.3 Å². The molecular formula is C21H24N2O4. The van der Waals surface area contributed by atoms with Gasteiger partial charge in [0.2, 0.25) is 0 Å². The number of nitrogens with zero attached hydrogens (tertiary/aromatic N) is 2. The SMILES string of the molecule is COC(=O)[C@H](c1ccccc1)[C@H]1CCCCN1Cc1ccc([N+](=O)[O-])cc1. The maximum Gasteiger partial charge on any atom is 0.314 e. The van der Waals surface area contributed by atoms with E-state index in [-0.39, 0.29) is 23.6 Å². The largest absolute Gasteiger partial charge is 0.469 e. The summed E-state index contributed by atoms with van der Waals surface area (Å²) in [6.07, 6.45) is 3.07. The minimum Gasteiger partial charge on any atom is -0.469 e. The maximum atomic E-state index is 12.6. The van der Waals surface area contributed by atoms with Crippen LogP contribution in [-0.4, -0.2) is 35.5 Å². The molecule has 0 bridgehead atoms. The Hall–Kier alpha value is -2.73. The second-order valence-electron chi connectivity index (χ2n) is 6.87. The smallest absolute Gasteiger partial charge is 0.314 e. The van der Waals surface area contributed by atoms with Crippen LogP contribution >= 0.6 is 0 Å². The van der Waals surface area contributed by atoms with E-state index in [4.69, 9.17) is 4.74 Å². The Morgan fingerprint density at radius 3 is 2.52 bits per heavy atom. The highest BCUT2D eigenvalue weighted by Crippen LogP contribution is 2.32. The number of ether oxygens (including phenoxy) is 1. The molecule has 1 fully saturated rings. The molecule has 6 heteroatoms. The average molecular weight is 368 g/mol. The molecule has 0 saturated carbocycles. The van der Waals surface area contributed by atoms with Crippen molar-refractivity contribution in [2.45, 2.75) is 37.8 Å². The van der Waals surface area contributed by atoms with Gasteiger partial charge in [0.15, 0.2) is 0 Å². The van der Waals surface area contributed by atoms with E-state index in [9.17, 15) is 14.9 Å². The van der Waals surface area contributed by atoms with Gasteiger partial charge in [0.1, 0.15) is 0 Å². The van der Waals surface area contributed by atoms with Crippen LogP contribution in [0.15, 0.2) is 54.6 Å². The second-order valence-corrected chi connectivity index (χ2v) is 6.87. The topological polar surface area (TPSA) is 72.7 Å². The standard InChI is InChI=1S/C21H24N2O4/c1-27-21(24)20(17-7-3-2-4-8-17)19-9-5-6-14-22(19)15-16-10-12-18(13-11-16)23(25)26/h2-4,7-8,10-13,19-20H,5-6,9,14-15H2,1H3/t19-,20-/m1/s1. The second kappa shape index (κ2) is 8.77. The lowest BCUT2D eigenvalue weighted by Gasteiger charge is -2.39. The molecular weight excluding hydrogens is 344 g/mol. The summed E-state index contributed by atoms with van der Waals surface area (Å²) in [5.74, 6) is -0.559. The van der Waals surface area contributed by atoms with E-state index < -0.39 is 4.92 Å². The summed E-state index contributed by atoms with van der Waals surface area (Å²) in [5.41, 5.74) is 2.06. The van der Waals surface area contributed by atoms with Crippen molar-refractivity contribution >= 4 is 11.7 Å². The summed E-state index contributed by atoms with van der Waals surface area (Å²) in [7, 11) is 1.43. The lowest BCUT2D eigenvalue weighted by molar-refractivity contribution is -0.384. The minimum atomic E-state index is -0.393. The third kappa shape index (κ3) is 4.52. The van der Waals surface area contributed by atoms with Gasteiger partial charge in [0, 0.05) is 24.7 Å². The number of carbonyl (C=O) groups excluding carboxylic acids is 1. The number of hydrogen-bond donors (Lipinski definition) is 0. The first-order valence-electron chi connectivity index (χ1n) is 9.20. The van der Waals surface area contributed by atoms with Crippen LogP contribution in [-0.2, 0) is 16.1 Å². The van der Waals surface area contributed by atoms with Gasteiger partial charge >= 0.3 is 5.97 Å². The summed E-state index contributed by atoms with van der Waals surface area (Å²) in [4.78, 5) is 25.4. The van der Waals surface area contributed by atoms with Crippen LogP contribution in [0.5, 0.6) is 0 Å². The Morgan fingerprint density at radius 2 is 1.89 bits per heavy atom. The number of nitro benzene ring substituents is 1. The van der Waals surface area contributed by atoms with Crippen molar-refractivity contribution in [1.29, 1.82) is 0 Å². The number of carbonyl (C=O) groups is 1. The van der Waals surface area contributed by atoms with E-state index >= 15 is 0 Å². The Labute approximate surface area is 158 Å². The van der Waals surface area contributed by atoms with Gasteiger partial charge in [-0.3, -0.25) is 19.8 Å². The molecule has 2 atom stereocenters. The molecule has 2 aromatic carbocycles. The summed E-state index contributed by atoms with van der Waals surface area (Å²) < 4.78 is 5.12. The molecule has 0 unspecified atom stereocenters. The molecule has 0 aromatic heterocycles. The van der Waals surface area contributed by atoms with Gasteiger partial charge in [-0.25, -0.2) is 0 Å². The van der Waals surface area contributed by atoms with Crippen molar-refractivity contribution in [1.82, 2.24) is 4.90 Å². The number of nitro groups is 1. The molecule has 142 valence electrons. The van der Waals surface area contributed by atoms with Gasteiger partial charge in [-0.2, -0.15) is 0 Å². The number of methoxy groups -OCH3 is 1. The highest BCUT2D eigenvalue weighted by Gasteiger charge is 2.36. The Bertz CT molecular complexity index is 777. The number of hydrogen-bond acceptors (Lipinski definition) is 5. The van der Waals surface area contributed by atoms with Crippen LogP contribution in [0.2, 0.25) is 0 Å².